The molecule has 138 valence electrons. The van der Waals surface area contributed by atoms with E-state index in [1.54, 1.807) is 15.8 Å². The first kappa shape index (κ1) is 18.0. The summed E-state index contributed by atoms with van der Waals surface area (Å²) < 4.78 is 12.0. The van der Waals surface area contributed by atoms with Gasteiger partial charge in [0.15, 0.2) is 12.4 Å². The molecule has 1 aliphatic heterocycles. The third-order valence-electron chi connectivity index (χ3n) is 4.40. The van der Waals surface area contributed by atoms with Crippen molar-refractivity contribution < 1.29 is 19.1 Å². The Morgan fingerprint density at radius 2 is 1.77 bits per heavy atom. The number of hydrogen-bond acceptors (Lipinski definition) is 5. The zero-order valence-corrected chi connectivity index (χ0v) is 14.9. The normalized spacial score (nSPS) is 14.6. The zero-order chi connectivity index (χ0) is 18.4. The molecule has 26 heavy (non-hydrogen) atoms. The third kappa shape index (κ3) is 4.22. The number of carbonyl (C=O) groups excluding carboxylic acids is 2. The van der Waals surface area contributed by atoms with Crippen LogP contribution in [0.15, 0.2) is 36.5 Å². The standard InChI is InChI=1S/C19H23N3O4/c1-25-16-13-22(15-9-5-4-6-10-15)20-18(16)19(24)26-14-17(23)21-11-7-2-3-8-12-21/h4-6,9-10,13H,2-3,7-8,11-12,14H2,1H3. The molecule has 0 saturated carbocycles. The molecule has 0 spiro atoms. The molecule has 1 aromatic carbocycles. The summed E-state index contributed by atoms with van der Waals surface area (Å²) in [6, 6.07) is 9.38. The second-order valence-corrected chi connectivity index (χ2v) is 6.20. The Kier molecular flexibility index (Phi) is 5.88. The van der Waals surface area contributed by atoms with Gasteiger partial charge in [-0.1, -0.05) is 31.0 Å². The Morgan fingerprint density at radius 1 is 1.08 bits per heavy atom. The van der Waals surface area contributed by atoms with Crippen LogP contribution in [-0.4, -0.2) is 53.4 Å². The van der Waals surface area contributed by atoms with Gasteiger partial charge in [-0.3, -0.25) is 4.79 Å². The van der Waals surface area contributed by atoms with Crippen molar-refractivity contribution in [1.82, 2.24) is 14.7 Å². The molecule has 0 bridgehead atoms. The van der Waals surface area contributed by atoms with Crippen molar-refractivity contribution in [2.75, 3.05) is 26.8 Å². The number of hydrogen-bond donors (Lipinski definition) is 0. The Labute approximate surface area is 152 Å². The summed E-state index contributed by atoms with van der Waals surface area (Å²) in [6.45, 7) is 1.17. The number of ether oxygens (including phenoxy) is 2. The fraction of sp³-hybridized carbons (Fsp3) is 0.421. The molecule has 0 atom stereocenters. The fourth-order valence-electron chi connectivity index (χ4n) is 2.97. The maximum absolute atomic E-state index is 12.4. The summed E-state index contributed by atoms with van der Waals surface area (Å²) >= 11 is 0. The van der Waals surface area contributed by atoms with Crippen molar-refractivity contribution in [2.45, 2.75) is 25.7 Å². The molecule has 0 radical (unpaired) electrons. The first-order valence-electron chi connectivity index (χ1n) is 8.83. The van der Waals surface area contributed by atoms with Gasteiger partial charge in [0.25, 0.3) is 5.91 Å². The van der Waals surface area contributed by atoms with Gasteiger partial charge in [0.05, 0.1) is 19.0 Å². The average Bonchev–Trinajstić information content (AvgIpc) is 2.93. The van der Waals surface area contributed by atoms with Gasteiger partial charge in [-0.25, -0.2) is 9.48 Å². The van der Waals surface area contributed by atoms with Gasteiger partial charge in [-0.2, -0.15) is 5.10 Å². The third-order valence-corrected chi connectivity index (χ3v) is 4.40. The van der Waals surface area contributed by atoms with E-state index in [-0.39, 0.29) is 18.2 Å². The Hall–Kier alpha value is -2.83. The van der Waals surface area contributed by atoms with Crippen molar-refractivity contribution >= 4 is 11.9 Å². The first-order valence-corrected chi connectivity index (χ1v) is 8.83. The lowest BCUT2D eigenvalue weighted by atomic mass is 10.2. The fourth-order valence-corrected chi connectivity index (χ4v) is 2.97. The number of aromatic nitrogens is 2. The van der Waals surface area contributed by atoms with E-state index in [2.05, 4.69) is 5.10 Å². The lowest BCUT2D eigenvalue weighted by Gasteiger charge is -2.19. The molecule has 2 aromatic rings. The quantitative estimate of drug-likeness (QED) is 0.769. The molecular formula is C19H23N3O4. The Balaban J connectivity index is 1.65. The van der Waals surface area contributed by atoms with Crippen LogP contribution in [0.4, 0.5) is 0 Å². The predicted molar refractivity (Wildman–Crippen MR) is 95.4 cm³/mol. The molecule has 0 N–H and O–H groups in total. The Bertz CT molecular complexity index is 749. The van der Waals surface area contributed by atoms with Gasteiger partial charge in [0.2, 0.25) is 5.69 Å². The van der Waals surface area contributed by atoms with Crippen LogP contribution >= 0.6 is 0 Å². The topological polar surface area (TPSA) is 73.7 Å². The molecule has 1 aromatic heterocycles. The molecule has 1 saturated heterocycles. The minimum absolute atomic E-state index is 0.0556. The molecule has 1 aliphatic rings. The van der Waals surface area contributed by atoms with Crippen LogP contribution < -0.4 is 4.74 Å². The van der Waals surface area contributed by atoms with Gasteiger partial charge in [0.1, 0.15) is 0 Å². The molecule has 3 rings (SSSR count). The van der Waals surface area contributed by atoms with Crippen molar-refractivity contribution in [1.29, 1.82) is 0 Å². The number of amides is 1. The zero-order valence-electron chi connectivity index (χ0n) is 14.9. The van der Waals surface area contributed by atoms with Crippen LogP contribution in [0.2, 0.25) is 0 Å². The van der Waals surface area contributed by atoms with Crippen molar-refractivity contribution in [3.8, 4) is 11.4 Å². The molecule has 1 fully saturated rings. The lowest BCUT2D eigenvalue weighted by molar-refractivity contribution is -0.134. The smallest absolute Gasteiger partial charge is 0.363 e. The summed E-state index contributed by atoms with van der Waals surface area (Å²) in [5.74, 6) is -0.525. The van der Waals surface area contributed by atoms with Crippen molar-refractivity contribution in [3.05, 3.63) is 42.2 Å². The highest BCUT2D eigenvalue weighted by Gasteiger charge is 2.22. The highest BCUT2D eigenvalue weighted by atomic mass is 16.5. The van der Waals surface area contributed by atoms with E-state index >= 15 is 0 Å². The molecule has 7 nitrogen and oxygen atoms in total. The maximum atomic E-state index is 12.4. The Morgan fingerprint density at radius 3 is 2.42 bits per heavy atom. The lowest BCUT2D eigenvalue weighted by Crippen LogP contribution is -2.35. The van der Waals surface area contributed by atoms with Crippen LogP contribution in [0.1, 0.15) is 36.2 Å². The van der Waals surface area contributed by atoms with Crippen LogP contribution in [0, 0.1) is 0 Å². The maximum Gasteiger partial charge on any atom is 0.363 e. The SMILES string of the molecule is COc1cn(-c2ccccc2)nc1C(=O)OCC(=O)N1CCCCCC1. The van der Waals surface area contributed by atoms with E-state index < -0.39 is 5.97 Å². The van der Waals surface area contributed by atoms with Crippen molar-refractivity contribution in [3.63, 3.8) is 0 Å². The number of likely N-dealkylation sites (tertiary alicyclic amines) is 1. The summed E-state index contributed by atoms with van der Waals surface area (Å²) in [5.41, 5.74) is 0.852. The molecular weight excluding hydrogens is 334 g/mol. The number of nitrogens with zero attached hydrogens (tertiary/aromatic N) is 3. The van der Waals surface area contributed by atoms with E-state index in [4.69, 9.17) is 9.47 Å². The highest BCUT2D eigenvalue weighted by molar-refractivity contribution is 5.92. The van der Waals surface area contributed by atoms with Gasteiger partial charge in [0, 0.05) is 13.1 Å². The number of para-hydroxylation sites is 1. The van der Waals surface area contributed by atoms with E-state index in [0.29, 0.717) is 5.75 Å². The largest absolute Gasteiger partial charge is 0.493 e. The van der Waals surface area contributed by atoms with Crippen LogP contribution in [0.5, 0.6) is 5.75 Å². The molecule has 0 aliphatic carbocycles. The summed E-state index contributed by atoms with van der Waals surface area (Å²) in [7, 11) is 1.46. The monoisotopic (exact) mass is 357 g/mol. The van der Waals surface area contributed by atoms with Crippen LogP contribution in [0.3, 0.4) is 0 Å². The van der Waals surface area contributed by atoms with Crippen LogP contribution in [-0.2, 0) is 9.53 Å². The second kappa shape index (κ2) is 8.51. The second-order valence-electron chi connectivity index (χ2n) is 6.20. The summed E-state index contributed by atoms with van der Waals surface area (Å²) in [4.78, 5) is 26.4. The summed E-state index contributed by atoms with van der Waals surface area (Å²) in [6.07, 6.45) is 5.88. The van der Waals surface area contributed by atoms with Gasteiger partial charge in [-0.15, -0.1) is 0 Å². The number of rotatable bonds is 5. The minimum atomic E-state index is -0.667. The molecule has 7 heteroatoms. The molecule has 0 unspecified atom stereocenters. The highest BCUT2D eigenvalue weighted by Crippen LogP contribution is 2.20. The van der Waals surface area contributed by atoms with E-state index in [0.717, 1.165) is 44.5 Å². The average molecular weight is 357 g/mol. The molecule has 2 heterocycles. The van der Waals surface area contributed by atoms with Crippen molar-refractivity contribution in [2.24, 2.45) is 0 Å². The summed E-state index contributed by atoms with van der Waals surface area (Å²) in [5, 5.41) is 4.25. The number of benzene rings is 1. The number of methoxy groups -OCH3 is 1. The van der Waals surface area contributed by atoms with Gasteiger partial charge < -0.3 is 14.4 Å². The van der Waals surface area contributed by atoms with Gasteiger partial charge >= 0.3 is 5.97 Å². The van der Waals surface area contributed by atoms with Gasteiger partial charge in [-0.05, 0) is 25.0 Å². The number of esters is 1. The number of carbonyl (C=O) groups is 2. The van der Waals surface area contributed by atoms with Crippen LogP contribution in [0.25, 0.3) is 5.69 Å². The van der Waals surface area contributed by atoms with E-state index in [9.17, 15) is 9.59 Å². The molecule has 1 amide bonds. The van der Waals surface area contributed by atoms with E-state index in [1.807, 2.05) is 30.3 Å². The first-order chi connectivity index (χ1) is 12.7. The van der Waals surface area contributed by atoms with E-state index in [1.165, 1.54) is 7.11 Å². The predicted octanol–water partition coefficient (Wildman–Crippen LogP) is 2.44. The minimum Gasteiger partial charge on any atom is -0.493 e.